The van der Waals surface area contributed by atoms with E-state index in [1.165, 1.54) is 0 Å². The minimum atomic E-state index is -0.552. The Kier molecular flexibility index (Phi) is 6.04. The first-order chi connectivity index (χ1) is 11.7. The van der Waals surface area contributed by atoms with E-state index in [4.69, 9.17) is 21.1 Å². The number of benzene rings is 2. The second-order valence-electron chi connectivity index (χ2n) is 6.36. The molecule has 0 saturated heterocycles. The van der Waals surface area contributed by atoms with Crippen LogP contribution in [0.3, 0.4) is 0 Å². The van der Waals surface area contributed by atoms with Crippen molar-refractivity contribution in [3.05, 3.63) is 59.1 Å². The lowest BCUT2D eigenvalue weighted by Crippen LogP contribution is -2.27. The number of rotatable bonds is 5. The molecule has 0 heterocycles. The van der Waals surface area contributed by atoms with Gasteiger partial charge < -0.3 is 14.8 Å². The van der Waals surface area contributed by atoms with Gasteiger partial charge >= 0.3 is 5.97 Å². The van der Waals surface area contributed by atoms with E-state index in [1.807, 2.05) is 0 Å². The lowest BCUT2D eigenvalue weighted by molar-refractivity contribution is -0.157. The minimum absolute atomic E-state index is 0.187. The highest BCUT2D eigenvalue weighted by molar-refractivity contribution is 6.30. The highest BCUT2D eigenvalue weighted by atomic mass is 35.5. The van der Waals surface area contributed by atoms with Gasteiger partial charge in [0.15, 0.2) is 6.61 Å². The monoisotopic (exact) mass is 361 g/mol. The molecule has 5 nitrogen and oxygen atoms in total. The summed E-state index contributed by atoms with van der Waals surface area (Å²) in [5.74, 6) is -0.216. The van der Waals surface area contributed by atoms with E-state index in [9.17, 15) is 9.59 Å². The van der Waals surface area contributed by atoms with Crippen molar-refractivity contribution in [3.63, 3.8) is 0 Å². The fraction of sp³-hybridized carbons (Fsp3) is 0.263. The molecule has 6 heteroatoms. The number of carbonyl (C=O) groups excluding carboxylic acids is 2. The van der Waals surface area contributed by atoms with Crippen molar-refractivity contribution in [1.29, 1.82) is 0 Å². The number of hydrogen-bond donors (Lipinski definition) is 1. The lowest BCUT2D eigenvalue weighted by atomic mass is 10.2. The molecule has 25 heavy (non-hydrogen) atoms. The van der Waals surface area contributed by atoms with Crippen LogP contribution < -0.4 is 10.1 Å². The molecule has 2 rings (SSSR count). The molecule has 132 valence electrons. The fourth-order valence-corrected chi connectivity index (χ4v) is 2.08. The Bertz CT molecular complexity index is 734. The van der Waals surface area contributed by atoms with Gasteiger partial charge in [0.05, 0.1) is 0 Å². The molecule has 1 amide bonds. The van der Waals surface area contributed by atoms with E-state index in [2.05, 4.69) is 5.32 Å². The number of carbonyl (C=O) groups is 2. The largest absolute Gasteiger partial charge is 0.482 e. The molecule has 2 aromatic rings. The highest BCUT2D eigenvalue weighted by Crippen LogP contribution is 2.17. The number of halogens is 1. The van der Waals surface area contributed by atoms with Crippen LogP contribution in [0.25, 0.3) is 0 Å². The molecular weight excluding hydrogens is 342 g/mol. The second-order valence-corrected chi connectivity index (χ2v) is 6.80. The molecule has 0 aliphatic rings. The minimum Gasteiger partial charge on any atom is -0.482 e. The van der Waals surface area contributed by atoms with Gasteiger partial charge in [0.25, 0.3) is 5.91 Å². The first-order valence-electron chi connectivity index (χ1n) is 7.74. The molecule has 0 unspecified atom stereocenters. The van der Waals surface area contributed by atoms with Crippen LogP contribution in [0.4, 0.5) is 5.69 Å². The van der Waals surface area contributed by atoms with Gasteiger partial charge in [0.1, 0.15) is 11.4 Å². The topological polar surface area (TPSA) is 64.6 Å². The quantitative estimate of drug-likeness (QED) is 0.806. The average molecular weight is 362 g/mol. The Hall–Kier alpha value is -2.53. The molecule has 0 aliphatic carbocycles. The SMILES string of the molecule is CC(C)(C)OC(=O)COc1ccc(C(=O)Nc2ccc(Cl)cc2)cc1. The Morgan fingerprint density at radius 3 is 2.16 bits per heavy atom. The van der Waals surface area contributed by atoms with Crippen molar-refractivity contribution in [3.8, 4) is 5.75 Å². The fourth-order valence-electron chi connectivity index (χ4n) is 1.95. The van der Waals surface area contributed by atoms with Gasteiger partial charge in [-0.05, 0) is 69.3 Å². The second kappa shape index (κ2) is 8.03. The van der Waals surface area contributed by atoms with Gasteiger partial charge in [-0.3, -0.25) is 4.79 Å². The number of nitrogens with one attached hydrogen (secondary N) is 1. The van der Waals surface area contributed by atoms with Gasteiger partial charge in [-0.15, -0.1) is 0 Å². The maximum Gasteiger partial charge on any atom is 0.344 e. The zero-order chi connectivity index (χ0) is 18.4. The predicted octanol–water partition coefficient (Wildman–Crippen LogP) is 4.31. The van der Waals surface area contributed by atoms with E-state index in [-0.39, 0.29) is 12.5 Å². The Balaban J connectivity index is 1.89. The Morgan fingerprint density at radius 1 is 1.00 bits per heavy atom. The third-order valence-electron chi connectivity index (χ3n) is 3.00. The van der Waals surface area contributed by atoms with Crippen molar-refractivity contribution >= 4 is 29.2 Å². The molecule has 2 aromatic carbocycles. The van der Waals surface area contributed by atoms with E-state index in [0.29, 0.717) is 22.0 Å². The van der Waals surface area contributed by atoms with Crippen molar-refractivity contribution in [1.82, 2.24) is 0 Å². The van der Waals surface area contributed by atoms with Crippen molar-refractivity contribution < 1.29 is 19.1 Å². The molecule has 1 N–H and O–H groups in total. The standard InChI is InChI=1S/C19H20ClNO4/c1-19(2,3)25-17(22)12-24-16-10-4-13(5-11-16)18(23)21-15-8-6-14(20)7-9-15/h4-11H,12H2,1-3H3,(H,21,23). The molecular formula is C19H20ClNO4. The van der Waals surface area contributed by atoms with Crippen molar-refractivity contribution in [2.45, 2.75) is 26.4 Å². The maximum absolute atomic E-state index is 12.2. The summed E-state index contributed by atoms with van der Waals surface area (Å²) < 4.78 is 10.5. The summed E-state index contributed by atoms with van der Waals surface area (Å²) in [6.45, 7) is 5.19. The summed E-state index contributed by atoms with van der Waals surface area (Å²) in [5, 5.41) is 3.37. The Labute approximate surface area is 151 Å². The molecule has 0 radical (unpaired) electrons. The van der Waals surface area contributed by atoms with E-state index < -0.39 is 11.6 Å². The summed E-state index contributed by atoms with van der Waals surface area (Å²) >= 11 is 5.81. The summed E-state index contributed by atoms with van der Waals surface area (Å²) in [6, 6.07) is 13.3. The smallest absolute Gasteiger partial charge is 0.344 e. The van der Waals surface area contributed by atoms with Crippen LogP contribution in [0.2, 0.25) is 5.02 Å². The van der Waals surface area contributed by atoms with Crippen LogP contribution >= 0.6 is 11.6 Å². The average Bonchev–Trinajstić information content (AvgIpc) is 2.54. The number of amides is 1. The van der Waals surface area contributed by atoms with Gasteiger partial charge in [-0.2, -0.15) is 0 Å². The van der Waals surface area contributed by atoms with Crippen molar-refractivity contribution in [2.24, 2.45) is 0 Å². The number of esters is 1. The van der Waals surface area contributed by atoms with Crippen LogP contribution in [-0.2, 0) is 9.53 Å². The van der Waals surface area contributed by atoms with E-state index in [0.717, 1.165) is 0 Å². The molecule has 0 fully saturated rings. The highest BCUT2D eigenvalue weighted by Gasteiger charge is 2.16. The first kappa shape index (κ1) is 18.8. The molecule has 0 saturated carbocycles. The molecule has 0 aromatic heterocycles. The predicted molar refractivity (Wildman–Crippen MR) is 97.2 cm³/mol. The lowest BCUT2D eigenvalue weighted by Gasteiger charge is -2.19. The summed E-state index contributed by atoms with van der Waals surface area (Å²) in [5.41, 5.74) is 0.573. The number of hydrogen-bond acceptors (Lipinski definition) is 4. The van der Waals surface area contributed by atoms with Crippen LogP contribution in [-0.4, -0.2) is 24.1 Å². The van der Waals surface area contributed by atoms with Crippen LogP contribution in [0, 0.1) is 0 Å². The van der Waals surface area contributed by atoms with Gasteiger partial charge in [-0.1, -0.05) is 11.6 Å². The van der Waals surface area contributed by atoms with Crippen LogP contribution in [0.5, 0.6) is 5.75 Å². The maximum atomic E-state index is 12.2. The number of ether oxygens (including phenoxy) is 2. The van der Waals surface area contributed by atoms with E-state index >= 15 is 0 Å². The zero-order valence-corrected chi connectivity index (χ0v) is 15.1. The third kappa shape index (κ3) is 6.47. The first-order valence-corrected chi connectivity index (χ1v) is 8.12. The normalized spacial score (nSPS) is 10.9. The number of anilines is 1. The zero-order valence-electron chi connectivity index (χ0n) is 14.3. The van der Waals surface area contributed by atoms with Gasteiger partial charge in [0.2, 0.25) is 0 Å². The molecule has 0 atom stereocenters. The van der Waals surface area contributed by atoms with Crippen molar-refractivity contribution in [2.75, 3.05) is 11.9 Å². The van der Waals surface area contributed by atoms with Gasteiger partial charge in [-0.25, -0.2) is 4.79 Å². The van der Waals surface area contributed by atoms with E-state index in [1.54, 1.807) is 69.3 Å². The Morgan fingerprint density at radius 2 is 1.60 bits per heavy atom. The van der Waals surface area contributed by atoms with Crippen LogP contribution in [0.15, 0.2) is 48.5 Å². The summed E-state index contributed by atoms with van der Waals surface area (Å²) in [7, 11) is 0. The molecule has 0 spiro atoms. The molecule has 0 bridgehead atoms. The van der Waals surface area contributed by atoms with Gasteiger partial charge in [0, 0.05) is 16.3 Å². The summed E-state index contributed by atoms with van der Waals surface area (Å²) in [6.07, 6.45) is 0. The molecule has 0 aliphatic heterocycles. The summed E-state index contributed by atoms with van der Waals surface area (Å²) in [4.78, 5) is 23.8. The third-order valence-corrected chi connectivity index (χ3v) is 3.25. The van der Waals surface area contributed by atoms with Crippen LogP contribution in [0.1, 0.15) is 31.1 Å².